The monoisotopic (exact) mass is 269 g/mol. The fraction of sp³-hybridized carbons (Fsp3) is 0.800. The normalized spacial score (nSPS) is 11.2. The van der Waals surface area contributed by atoms with Crippen molar-refractivity contribution in [2.24, 2.45) is 0 Å². The second-order valence-electron chi connectivity index (χ2n) is 3.58. The summed E-state index contributed by atoms with van der Waals surface area (Å²) in [6.07, 6.45) is -4.35. The van der Waals surface area contributed by atoms with E-state index >= 15 is 0 Å². The van der Waals surface area contributed by atoms with E-state index in [2.05, 4.69) is 5.32 Å². The molecular weight excluding hydrogens is 251 g/mol. The Kier molecular flexibility index (Phi) is 7.33. The van der Waals surface area contributed by atoms with Crippen molar-refractivity contribution in [3.05, 3.63) is 0 Å². The number of carbonyl (C=O) groups excluding carboxylic acids is 2. The quantitative estimate of drug-likeness (QED) is 0.690. The molecule has 0 saturated heterocycles. The van der Waals surface area contributed by atoms with Crippen LogP contribution in [0.2, 0.25) is 0 Å². The van der Waals surface area contributed by atoms with E-state index in [0.29, 0.717) is 6.54 Å². The molecule has 0 bridgehead atoms. The third-order valence-electron chi connectivity index (χ3n) is 2.04. The van der Waals surface area contributed by atoms with Gasteiger partial charge in [-0.25, -0.2) is 0 Å². The van der Waals surface area contributed by atoms with Crippen LogP contribution in [0.25, 0.3) is 0 Å². The maximum atomic E-state index is 11.8. The molecule has 0 unspecified atom stereocenters. The van der Waals surface area contributed by atoms with Gasteiger partial charge >= 0.3 is 6.18 Å². The summed E-state index contributed by atoms with van der Waals surface area (Å²) in [5.41, 5.74) is 0. The molecule has 0 spiro atoms. The van der Waals surface area contributed by atoms with Gasteiger partial charge in [0, 0.05) is 13.1 Å². The number of alkyl halides is 3. The number of carbonyl (C=O) groups is 2. The van der Waals surface area contributed by atoms with Crippen molar-refractivity contribution in [2.75, 3.05) is 32.7 Å². The van der Waals surface area contributed by atoms with Gasteiger partial charge in [0.2, 0.25) is 11.8 Å². The molecule has 0 heterocycles. The molecule has 0 aliphatic heterocycles. The number of hydrogen-bond donors (Lipinski definition) is 2. The van der Waals surface area contributed by atoms with Crippen LogP contribution in [0.15, 0.2) is 0 Å². The highest BCUT2D eigenvalue weighted by Crippen LogP contribution is 2.11. The van der Waals surface area contributed by atoms with Gasteiger partial charge in [-0.3, -0.25) is 9.59 Å². The molecule has 0 aromatic rings. The maximum Gasteiger partial charge on any atom is 0.401 e. The van der Waals surface area contributed by atoms with Crippen LogP contribution in [0.5, 0.6) is 0 Å². The Bertz CT molecular complexity index is 282. The van der Waals surface area contributed by atoms with Crippen molar-refractivity contribution in [3.8, 4) is 0 Å². The lowest BCUT2D eigenvalue weighted by atomic mass is 10.4. The summed E-state index contributed by atoms with van der Waals surface area (Å²) >= 11 is 0. The van der Waals surface area contributed by atoms with E-state index in [1.165, 1.54) is 4.90 Å². The van der Waals surface area contributed by atoms with Crippen molar-refractivity contribution < 1.29 is 22.8 Å². The summed E-state index contributed by atoms with van der Waals surface area (Å²) in [6.45, 7) is 2.30. The van der Waals surface area contributed by atoms with Crippen molar-refractivity contribution >= 4 is 11.8 Å². The number of rotatable bonds is 7. The molecule has 2 N–H and O–H groups in total. The largest absolute Gasteiger partial charge is 0.401 e. The molecule has 18 heavy (non-hydrogen) atoms. The summed E-state index contributed by atoms with van der Waals surface area (Å²) < 4.78 is 35.5. The molecule has 0 rings (SSSR count). The molecule has 0 aliphatic carbocycles. The van der Waals surface area contributed by atoms with E-state index in [1.807, 2.05) is 5.32 Å². The molecule has 0 saturated carbocycles. The average molecular weight is 269 g/mol. The molecule has 5 nitrogen and oxygen atoms in total. The summed E-state index contributed by atoms with van der Waals surface area (Å²) in [5, 5.41) is 4.51. The third-order valence-corrected chi connectivity index (χ3v) is 2.04. The summed E-state index contributed by atoms with van der Waals surface area (Å²) in [6, 6.07) is 0. The van der Waals surface area contributed by atoms with Gasteiger partial charge in [-0.05, 0) is 13.8 Å². The molecule has 0 fully saturated rings. The Labute approximate surface area is 104 Å². The van der Waals surface area contributed by atoms with Crippen LogP contribution in [-0.4, -0.2) is 55.6 Å². The fourth-order valence-corrected chi connectivity index (χ4v) is 1.23. The second-order valence-corrected chi connectivity index (χ2v) is 3.58. The minimum Gasteiger partial charge on any atom is -0.355 e. The van der Waals surface area contributed by atoms with Crippen molar-refractivity contribution in [3.63, 3.8) is 0 Å². The van der Waals surface area contributed by atoms with Crippen molar-refractivity contribution in [1.82, 2.24) is 15.5 Å². The lowest BCUT2D eigenvalue weighted by Gasteiger charge is -2.20. The van der Waals surface area contributed by atoms with Gasteiger partial charge in [0.25, 0.3) is 0 Å². The Morgan fingerprint density at radius 1 is 1.22 bits per heavy atom. The van der Waals surface area contributed by atoms with E-state index < -0.39 is 25.2 Å². The van der Waals surface area contributed by atoms with E-state index in [1.54, 1.807) is 13.8 Å². The van der Waals surface area contributed by atoms with Gasteiger partial charge in [-0.1, -0.05) is 0 Å². The SMILES string of the molecule is CCNC(=O)CN(CC)C(=O)CNCC(F)(F)F. The van der Waals surface area contributed by atoms with Crippen LogP contribution in [-0.2, 0) is 9.59 Å². The standard InChI is InChI=1S/C10H18F3N3O2/c1-3-15-8(17)6-16(4-2)9(18)5-14-7-10(11,12)13/h14H,3-7H2,1-2H3,(H,15,17). The minimum absolute atomic E-state index is 0.142. The molecular formula is C10H18F3N3O2. The fourth-order valence-electron chi connectivity index (χ4n) is 1.23. The zero-order valence-corrected chi connectivity index (χ0v) is 10.4. The molecule has 0 aromatic carbocycles. The van der Waals surface area contributed by atoms with Crippen LogP contribution in [0.3, 0.4) is 0 Å². The highest BCUT2D eigenvalue weighted by molar-refractivity contribution is 5.85. The van der Waals surface area contributed by atoms with Gasteiger partial charge in [-0.15, -0.1) is 0 Å². The molecule has 2 amide bonds. The Hall–Kier alpha value is -1.31. The third kappa shape index (κ3) is 7.88. The summed E-state index contributed by atoms with van der Waals surface area (Å²) in [5.74, 6) is -0.864. The lowest BCUT2D eigenvalue weighted by Crippen LogP contribution is -2.45. The van der Waals surface area contributed by atoms with Gasteiger partial charge in [0.05, 0.1) is 19.6 Å². The second kappa shape index (κ2) is 7.91. The number of hydrogen-bond acceptors (Lipinski definition) is 3. The molecule has 0 atom stereocenters. The predicted octanol–water partition coefficient (Wildman–Crippen LogP) is 0.123. The van der Waals surface area contributed by atoms with Crippen LogP contribution >= 0.6 is 0 Å². The molecule has 0 radical (unpaired) electrons. The van der Waals surface area contributed by atoms with Gasteiger partial charge in [0.15, 0.2) is 0 Å². The summed E-state index contributed by atoms with van der Waals surface area (Å²) in [4.78, 5) is 23.9. The van der Waals surface area contributed by atoms with Gasteiger partial charge in [0.1, 0.15) is 0 Å². The first kappa shape index (κ1) is 16.7. The maximum absolute atomic E-state index is 11.8. The zero-order valence-electron chi connectivity index (χ0n) is 10.4. The van der Waals surface area contributed by atoms with Crippen molar-refractivity contribution in [1.29, 1.82) is 0 Å². The Morgan fingerprint density at radius 3 is 2.28 bits per heavy atom. The van der Waals surface area contributed by atoms with E-state index in [4.69, 9.17) is 0 Å². The van der Waals surface area contributed by atoms with E-state index in [0.717, 1.165) is 0 Å². The first-order valence-corrected chi connectivity index (χ1v) is 5.62. The number of halogens is 3. The highest BCUT2D eigenvalue weighted by Gasteiger charge is 2.27. The molecule has 106 valence electrons. The van der Waals surface area contributed by atoms with Gasteiger partial charge in [-0.2, -0.15) is 13.2 Å². The first-order chi connectivity index (χ1) is 8.30. The molecule has 8 heteroatoms. The number of likely N-dealkylation sites (N-methyl/N-ethyl adjacent to an activating group) is 2. The highest BCUT2D eigenvalue weighted by atomic mass is 19.4. The van der Waals surface area contributed by atoms with Gasteiger partial charge < -0.3 is 15.5 Å². The van der Waals surface area contributed by atoms with E-state index in [-0.39, 0.29) is 19.0 Å². The Balaban J connectivity index is 4.07. The van der Waals surface area contributed by atoms with Crippen LogP contribution in [0.4, 0.5) is 13.2 Å². The number of nitrogens with one attached hydrogen (secondary N) is 2. The summed E-state index contributed by atoms with van der Waals surface area (Å²) in [7, 11) is 0. The predicted molar refractivity (Wildman–Crippen MR) is 59.9 cm³/mol. The zero-order chi connectivity index (χ0) is 14.2. The number of amides is 2. The molecule has 0 aliphatic rings. The van der Waals surface area contributed by atoms with Crippen molar-refractivity contribution in [2.45, 2.75) is 20.0 Å². The molecule has 0 aromatic heterocycles. The smallest absolute Gasteiger partial charge is 0.355 e. The first-order valence-electron chi connectivity index (χ1n) is 5.62. The van der Waals surface area contributed by atoms with Crippen LogP contribution in [0.1, 0.15) is 13.8 Å². The van der Waals surface area contributed by atoms with E-state index in [9.17, 15) is 22.8 Å². The topological polar surface area (TPSA) is 61.4 Å². The lowest BCUT2D eigenvalue weighted by molar-refractivity contribution is -0.137. The number of nitrogens with zero attached hydrogens (tertiary/aromatic N) is 1. The van der Waals surface area contributed by atoms with Crippen LogP contribution < -0.4 is 10.6 Å². The van der Waals surface area contributed by atoms with Crippen LogP contribution in [0, 0.1) is 0 Å². The minimum atomic E-state index is -4.35. The average Bonchev–Trinajstić information content (AvgIpc) is 2.24. The Morgan fingerprint density at radius 2 is 1.83 bits per heavy atom.